The summed E-state index contributed by atoms with van der Waals surface area (Å²) in [5, 5.41) is 38.7. The molecule has 6 heteroatoms. The molecule has 0 spiro atoms. The van der Waals surface area contributed by atoms with Gasteiger partial charge in [0.05, 0.1) is 18.8 Å². The van der Waals surface area contributed by atoms with Crippen LogP contribution >= 0.6 is 0 Å². The molecular weight excluding hydrogens is 286 g/mol. The molecule has 1 aliphatic rings. The van der Waals surface area contributed by atoms with Crippen LogP contribution in [0.15, 0.2) is 0 Å². The molecule has 0 aliphatic carbocycles. The zero-order chi connectivity index (χ0) is 16.4. The molecule has 1 saturated heterocycles. The lowest BCUT2D eigenvalue weighted by molar-refractivity contribution is -0.145. The normalized spacial score (nSPS) is 29.9. The Bertz CT molecular complexity index is 279. The van der Waals surface area contributed by atoms with Crippen LogP contribution in [-0.4, -0.2) is 83.1 Å². The topological polar surface area (TPSA) is 93.4 Å². The number of unbranched alkanes of at least 4 members (excludes halogenated alkanes) is 6. The fourth-order valence-corrected chi connectivity index (χ4v) is 3.08. The van der Waals surface area contributed by atoms with Crippen molar-refractivity contribution in [1.82, 2.24) is 4.90 Å². The average molecular weight is 319 g/mol. The minimum atomic E-state index is -1.17. The van der Waals surface area contributed by atoms with Crippen LogP contribution in [0.3, 0.4) is 0 Å². The lowest BCUT2D eigenvalue weighted by atomic mass is 9.94. The van der Waals surface area contributed by atoms with Crippen molar-refractivity contribution >= 4 is 0 Å². The fourth-order valence-electron chi connectivity index (χ4n) is 3.08. The van der Waals surface area contributed by atoms with E-state index >= 15 is 0 Å². The zero-order valence-electron chi connectivity index (χ0n) is 13.7. The zero-order valence-corrected chi connectivity index (χ0v) is 13.7. The molecule has 0 saturated carbocycles. The van der Waals surface area contributed by atoms with Gasteiger partial charge < -0.3 is 25.2 Å². The van der Waals surface area contributed by atoms with E-state index in [-0.39, 0.29) is 6.61 Å². The highest BCUT2D eigenvalue weighted by Gasteiger charge is 2.40. The number of nitrogens with zero attached hydrogens (tertiary/aromatic N) is 1. The van der Waals surface area contributed by atoms with Crippen molar-refractivity contribution in [3.8, 4) is 0 Å². The Kier molecular flexibility index (Phi) is 10.2. The number of β-amino-alcohol motifs (C(OH)–C–C–N with tert-alkyl or cyclic N) is 1. The number of likely N-dealkylation sites (tertiary alicyclic amines) is 1. The van der Waals surface area contributed by atoms with Crippen LogP contribution in [0.2, 0.25) is 0 Å². The highest BCUT2D eigenvalue weighted by molar-refractivity contribution is 4.93. The Morgan fingerprint density at radius 1 is 0.909 bits per heavy atom. The van der Waals surface area contributed by atoms with E-state index in [1.54, 1.807) is 7.11 Å². The molecule has 1 fully saturated rings. The smallest absolute Gasteiger partial charge is 0.109 e. The molecule has 0 amide bonds. The van der Waals surface area contributed by atoms with Crippen LogP contribution in [0.4, 0.5) is 0 Å². The first-order valence-corrected chi connectivity index (χ1v) is 8.49. The monoisotopic (exact) mass is 319 g/mol. The van der Waals surface area contributed by atoms with E-state index in [9.17, 15) is 20.4 Å². The molecule has 0 radical (unpaired) electrons. The molecule has 1 rings (SSSR count). The first-order valence-electron chi connectivity index (χ1n) is 8.49. The summed E-state index contributed by atoms with van der Waals surface area (Å²) in [7, 11) is 1.73. The highest BCUT2D eigenvalue weighted by Crippen LogP contribution is 2.19. The van der Waals surface area contributed by atoms with Crippen molar-refractivity contribution in [2.24, 2.45) is 0 Å². The van der Waals surface area contributed by atoms with E-state index in [1.807, 2.05) is 4.90 Å². The van der Waals surface area contributed by atoms with Crippen molar-refractivity contribution < 1.29 is 25.2 Å². The Balaban J connectivity index is 2.12. The number of ether oxygens (including phenoxy) is 1. The number of hydrogen-bond acceptors (Lipinski definition) is 6. The van der Waals surface area contributed by atoms with Gasteiger partial charge in [0.25, 0.3) is 0 Å². The van der Waals surface area contributed by atoms with E-state index in [1.165, 1.54) is 25.7 Å². The van der Waals surface area contributed by atoms with Gasteiger partial charge in [0.1, 0.15) is 12.2 Å². The van der Waals surface area contributed by atoms with Gasteiger partial charge in [-0.1, -0.05) is 32.1 Å². The number of hydrogen-bond donors (Lipinski definition) is 4. The maximum atomic E-state index is 9.90. The van der Waals surface area contributed by atoms with Gasteiger partial charge in [0, 0.05) is 20.3 Å². The second kappa shape index (κ2) is 11.3. The molecule has 4 N–H and O–H groups in total. The molecule has 0 aromatic carbocycles. The highest BCUT2D eigenvalue weighted by atomic mass is 16.5. The van der Waals surface area contributed by atoms with Gasteiger partial charge in [-0.05, 0) is 19.4 Å². The molecule has 0 bridgehead atoms. The summed E-state index contributed by atoms with van der Waals surface area (Å²) in [4.78, 5) is 1.89. The minimum Gasteiger partial charge on any atom is -0.395 e. The number of rotatable bonds is 11. The SMILES string of the molecule is COCCCCCCCCCN1CC(O)[C@H](O)C(O)C1CO. The Morgan fingerprint density at radius 2 is 1.50 bits per heavy atom. The molecule has 0 aromatic rings. The lowest BCUT2D eigenvalue weighted by Crippen LogP contribution is -2.62. The lowest BCUT2D eigenvalue weighted by Gasteiger charge is -2.43. The molecule has 1 aliphatic heterocycles. The maximum Gasteiger partial charge on any atom is 0.109 e. The van der Waals surface area contributed by atoms with Crippen molar-refractivity contribution in [2.45, 2.75) is 69.3 Å². The van der Waals surface area contributed by atoms with Gasteiger partial charge in [0.2, 0.25) is 0 Å². The van der Waals surface area contributed by atoms with Crippen LogP contribution in [0.1, 0.15) is 44.9 Å². The summed E-state index contributed by atoms with van der Waals surface area (Å²) in [5.74, 6) is 0. The van der Waals surface area contributed by atoms with Crippen LogP contribution in [0.25, 0.3) is 0 Å². The first kappa shape index (κ1) is 19.8. The Morgan fingerprint density at radius 3 is 2.09 bits per heavy atom. The number of methoxy groups -OCH3 is 1. The predicted molar refractivity (Wildman–Crippen MR) is 84.7 cm³/mol. The minimum absolute atomic E-state index is 0.204. The number of piperidine rings is 1. The molecule has 4 atom stereocenters. The Labute approximate surface area is 133 Å². The Hall–Kier alpha value is -0.240. The summed E-state index contributed by atoms with van der Waals surface area (Å²) >= 11 is 0. The molecule has 22 heavy (non-hydrogen) atoms. The van der Waals surface area contributed by atoms with Crippen molar-refractivity contribution in [2.75, 3.05) is 33.4 Å². The third kappa shape index (κ3) is 6.48. The first-order chi connectivity index (χ1) is 10.6. The third-order valence-electron chi connectivity index (χ3n) is 4.51. The van der Waals surface area contributed by atoms with Gasteiger partial charge in [-0.15, -0.1) is 0 Å². The van der Waals surface area contributed by atoms with E-state index < -0.39 is 24.4 Å². The molecule has 1 heterocycles. The van der Waals surface area contributed by atoms with Gasteiger partial charge >= 0.3 is 0 Å². The van der Waals surface area contributed by atoms with Gasteiger partial charge in [-0.3, -0.25) is 4.90 Å². The fraction of sp³-hybridized carbons (Fsp3) is 1.00. The maximum absolute atomic E-state index is 9.90. The number of aliphatic hydroxyl groups is 4. The summed E-state index contributed by atoms with van der Waals surface area (Å²) in [6.07, 6.45) is 4.85. The predicted octanol–water partition coefficient (Wildman–Crippen LogP) is 0.123. The van der Waals surface area contributed by atoms with Gasteiger partial charge in [-0.25, -0.2) is 0 Å². The second-order valence-corrected chi connectivity index (χ2v) is 6.26. The summed E-state index contributed by atoms with van der Waals surface area (Å²) < 4.78 is 5.02. The van der Waals surface area contributed by atoms with Crippen LogP contribution < -0.4 is 0 Å². The summed E-state index contributed by atoms with van der Waals surface area (Å²) in [5.41, 5.74) is 0. The largest absolute Gasteiger partial charge is 0.395 e. The van der Waals surface area contributed by atoms with E-state index in [0.717, 1.165) is 32.4 Å². The van der Waals surface area contributed by atoms with Crippen molar-refractivity contribution in [3.05, 3.63) is 0 Å². The van der Waals surface area contributed by atoms with E-state index in [4.69, 9.17) is 4.74 Å². The molecule has 6 nitrogen and oxygen atoms in total. The van der Waals surface area contributed by atoms with Crippen LogP contribution in [-0.2, 0) is 4.74 Å². The molecule has 132 valence electrons. The van der Waals surface area contributed by atoms with E-state index in [0.29, 0.717) is 6.54 Å². The molecule has 3 unspecified atom stereocenters. The quantitative estimate of drug-likeness (QED) is 0.404. The standard InChI is InChI=1S/C16H33NO5/c1-22-10-8-6-4-2-3-5-7-9-17-11-14(19)16(21)15(20)13(17)12-18/h13-16,18-21H,2-12H2,1H3/t13?,14?,15?,16-/m0/s1. The van der Waals surface area contributed by atoms with Crippen LogP contribution in [0, 0.1) is 0 Å². The van der Waals surface area contributed by atoms with E-state index in [2.05, 4.69) is 0 Å². The molecular formula is C16H33NO5. The van der Waals surface area contributed by atoms with Gasteiger partial charge in [-0.2, -0.15) is 0 Å². The van der Waals surface area contributed by atoms with Crippen molar-refractivity contribution in [3.63, 3.8) is 0 Å². The molecule has 0 aromatic heterocycles. The third-order valence-corrected chi connectivity index (χ3v) is 4.51. The summed E-state index contributed by atoms with van der Waals surface area (Å²) in [6.45, 7) is 1.68. The van der Waals surface area contributed by atoms with Crippen molar-refractivity contribution in [1.29, 1.82) is 0 Å². The summed E-state index contributed by atoms with van der Waals surface area (Å²) in [6, 6.07) is -0.479. The van der Waals surface area contributed by atoms with Gasteiger partial charge in [0.15, 0.2) is 0 Å². The van der Waals surface area contributed by atoms with Crippen LogP contribution in [0.5, 0.6) is 0 Å². The number of aliphatic hydroxyl groups excluding tert-OH is 4. The average Bonchev–Trinajstić information content (AvgIpc) is 2.51. The second-order valence-electron chi connectivity index (χ2n) is 6.26.